The van der Waals surface area contributed by atoms with Crippen LogP contribution in [-0.4, -0.2) is 24.3 Å². The standard InChI is InChI=1S/C21H21FO4/c1-25-21(24)20-15(9-6-14-7-10-16(22)11-8-14)12-18(13-19(20)23)26-17-4-2-3-5-17/h6-13,17,23H,2-5H2,1H3/b9-6+. The fourth-order valence-electron chi connectivity index (χ4n) is 3.10. The van der Waals surface area contributed by atoms with E-state index in [0.717, 1.165) is 31.2 Å². The third-order valence-electron chi connectivity index (χ3n) is 4.44. The molecule has 0 aliphatic heterocycles. The van der Waals surface area contributed by atoms with Crippen molar-refractivity contribution in [1.82, 2.24) is 0 Å². The molecule has 0 spiro atoms. The third kappa shape index (κ3) is 4.23. The van der Waals surface area contributed by atoms with Crippen molar-refractivity contribution in [3.63, 3.8) is 0 Å². The van der Waals surface area contributed by atoms with Gasteiger partial charge in [-0.05, 0) is 55.0 Å². The monoisotopic (exact) mass is 356 g/mol. The highest BCUT2D eigenvalue weighted by Gasteiger charge is 2.21. The van der Waals surface area contributed by atoms with Crippen LogP contribution in [0.1, 0.15) is 47.2 Å². The van der Waals surface area contributed by atoms with Gasteiger partial charge in [-0.15, -0.1) is 0 Å². The normalized spacial score (nSPS) is 14.7. The van der Waals surface area contributed by atoms with Crippen LogP contribution in [0.5, 0.6) is 11.5 Å². The van der Waals surface area contributed by atoms with Crippen LogP contribution >= 0.6 is 0 Å². The van der Waals surface area contributed by atoms with Crippen LogP contribution in [0, 0.1) is 5.82 Å². The second-order valence-corrected chi connectivity index (χ2v) is 6.31. The van der Waals surface area contributed by atoms with Gasteiger partial charge < -0.3 is 14.6 Å². The van der Waals surface area contributed by atoms with Gasteiger partial charge in [0.05, 0.1) is 13.2 Å². The number of carbonyl (C=O) groups is 1. The van der Waals surface area contributed by atoms with Crippen molar-refractivity contribution in [3.05, 3.63) is 58.9 Å². The first kappa shape index (κ1) is 18.0. The molecule has 0 saturated heterocycles. The molecule has 0 amide bonds. The van der Waals surface area contributed by atoms with Crippen LogP contribution in [0.3, 0.4) is 0 Å². The number of hydrogen-bond donors (Lipinski definition) is 1. The van der Waals surface area contributed by atoms with E-state index in [9.17, 15) is 14.3 Å². The van der Waals surface area contributed by atoms with Gasteiger partial charge in [-0.2, -0.15) is 0 Å². The van der Waals surface area contributed by atoms with Crippen molar-refractivity contribution in [2.45, 2.75) is 31.8 Å². The largest absolute Gasteiger partial charge is 0.507 e. The van der Waals surface area contributed by atoms with E-state index >= 15 is 0 Å². The van der Waals surface area contributed by atoms with E-state index < -0.39 is 5.97 Å². The molecule has 5 heteroatoms. The van der Waals surface area contributed by atoms with Crippen molar-refractivity contribution < 1.29 is 23.8 Å². The fraction of sp³-hybridized carbons (Fsp3) is 0.286. The van der Waals surface area contributed by atoms with Gasteiger partial charge in [-0.1, -0.05) is 24.3 Å². The number of hydrogen-bond acceptors (Lipinski definition) is 4. The zero-order valence-electron chi connectivity index (χ0n) is 14.6. The molecule has 0 heterocycles. The van der Waals surface area contributed by atoms with Crippen LogP contribution in [0.2, 0.25) is 0 Å². The molecule has 3 rings (SSSR count). The number of phenolic OH excluding ortho intramolecular Hbond substituents is 1. The smallest absolute Gasteiger partial charge is 0.342 e. The molecule has 0 bridgehead atoms. The highest BCUT2D eigenvalue weighted by atomic mass is 19.1. The van der Waals surface area contributed by atoms with Crippen molar-refractivity contribution in [2.24, 2.45) is 0 Å². The van der Waals surface area contributed by atoms with Crippen molar-refractivity contribution in [1.29, 1.82) is 0 Å². The quantitative estimate of drug-likeness (QED) is 0.617. The average molecular weight is 356 g/mol. The minimum absolute atomic E-state index is 0.0737. The summed E-state index contributed by atoms with van der Waals surface area (Å²) in [5.74, 6) is -0.623. The summed E-state index contributed by atoms with van der Waals surface area (Å²) >= 11 is 0. The lowest BCUT2D eigenvalue weighted by Crippen LogP contribution is -2.12. The molecule has 1 saturated carbocycles. The Balaban J connectivity index is 1.94. The van der Waals surface area contributed by atoms with E-state index in [1.165, 1.54) is 25.3 Å². The minimum atomic E-state index is -0.631. The number of aromatic hydroxyl groups is 1. The number of esters is 1. The number of halogens is 1. The summed E-state index contributed by atoms with van der Waals surface area (Å²) in [7, 11) is 1.26. The zero-order valence-corrected chi connectivity index (χ0v) is 14.6. The summed E-state index contributed by atoms with van der Waals surface area (Å²) in [5, 5.41) is 10.3. The maximum absolute atomic E-state index is 13.0. The summed E-state index contributed by atoms with van der Waals surface area (Å²) in [6.07, 6.45) is 7.79. The van der Waals surface area contributed by atoms with E-state index in [1.807, 2.05) is 0 Å². The lowest BCUT2D eigenvalue weighted by molar-refractivity contribution is 0.0597. The van der Waals surface area contributed by atoms with Gasteiger partial charge in [0, 0.05) is 6.07 Å². The average Bonchev–Trinajstić information content (AvgIpc) is 3.13. The minimum Gasteiger partial charge on any atom is -0.507 e. The maximum atomic E-state index is 13.0. The van der Waals surface area contributed by atoms with Crippen molar-refractivity contribution in [2.75, 3.05) is 7.11 Å². The van der Waals surface area contributed by atoms with Gasteiger partial charge in [-0.3, -0.25) is 0 Å². The highest BCUT2D eigenvalue weighted by Crippen LogP contribution is 2.32. The van der Waals surface area contributed by atoms with E-state index in [2.05, 4.69) is 0 Å². The maximum Gasteiger partial charge on any atom is 0.342 e. The summed E-state index contributed by atoms with van der Waals surface area (Å²) in [4.78, 5) is 12.1. The predicted molar refractivity (Wildman–Crippen MR) is 97.7 cm³/mol. The molecule has 1 aliphatic carbocycles. The Morgan fingerprint density at radius 3 is 2.50 bits per heavy atom. The molecule has 1 N–H and O–H groups in total. The van der Waals surface area contributed by atoms with Gasteiger partial charge in [-0.25, -0.2) is 9.18 Å². The molecular formula is C21H21FO4. The Kier molecular flexibility index (Phi) is 5.56. The summed E-state index contributed by atoms with van der Waals surface area (Å²) in [5.41, 5.74) is 1.32. The topological polar surface area (TPSA) is 55.8 Å². The number of phenols is 1. The lowest BCUT2D eigenvalue weighted by atomic mass is 10.0. The Bertz CT molecular complexity index is 806. The Morgan fingerprint density at radius 1 is 1.15 bits per heavy atom. The second kappa shape index (κ2) is 8.04. The van der Waals surface area contributed by atoms with Crippen LogP contribution in [0.4, 0.5) is 4.39 Å². The Labute approximate surface area is 151 Å². The molecular weight excluding hydrogens is 335 g/mol. The predicted octanol–water partition coefficient (Wildman–Crippen LogP) is 4.81. The molecule has 0 atom stereocenters. The molecule has 4 nitrogen and oxygen atoms in total. The third-order valence-corrected chi connectivity index (χ3v) is 4.44. The molecule has 0 unspecified atom stereocenters. The lowest BCUT2D eigenvalue weighted by Gasteiger charge is -2.15. The first-order chi connectivity index (χ1) is 12.6. The van der Waals surface area contributed by atoms with Gasteiger partial charge in [0.1, 0.15) is 22.9 Å². The second-order valence-electron chi connectivity index (χ2n) is 6.31. The van der Waals surface area contributed by atoms with E-state index in [4.69, 9.17) is 9.47 Å². The SMILES string of the molecule is COC(=O)c1c(O)cc(OC2CCCC2)cc1/C=C/c1ccc(F)cc1. The van der Waals surface area contributed by atoms with Gasteiger partial charge in [0.15, 0.2) is 0 Å². The first-order valence-electron chi connectivity index (χ1n) is 8.62. The summed E-state index contributed by atoms with van der Waals surface area (Å²) in [6.45, 7) is 0. The number of ether oxygens (including phenoxy) is 2. The fourth-order valence-corrected chi connectivity index (χ4v) is 3.10. The van der Waals surface area contributed by atoms with E-state index in [-0.39, 0.29) is 23.2 Å². The first-order valence-corrected chi connectivity index (χ1v) is 8.62. The molecule has 0 radical (unpaired) electrons. The van der Waals surface area contributed by atoms with Crippen LogP contribution < -0.4 is 4.74 Å². The Morgan fingerprint density at radius 2 is 1.85 bits per heavy atom. The van der Waals surface area contributed by atoms with Crippen molar-refractivity contribution in [3.8, 4) is 11.5 Å². The molecule has 2 aromatic carbocycles. The van der Waals surface area contributed by atoms with Crippen LogP contribution in [-0.2, 0) is 4.74 Å². The summed E-state index contributed by atoms with van der Waals surface area (Å²) < 4.78 is 23.7. The zero-order chi connectivity index (χ0) is 18.5. The van der Waals surface area contributed by atoms with Gasteiger partial charge >= 0.3 is 5.97 Å². The van der Waals surface area contributed by atoms with Crippen molar-refractivity contribution >= 4 is 18.1 Å². The molecule has 0 aromatic heterocycles. The van der Waals surface area contributed by atoms with Gasteiger partial charge in [0.25, 0.3) is 0 Å². The molecule has 26 heavy (non-hydrogen) atoms. The molecule has 136 valence electrons. The summed E-state index contributed by atoms with van der Waals surface area (Å²) in [6, 6.07) is 9.13. The van der Waals surface area contributed by atoms with Crippen LogP contribution in [0.25, 0.3) is 12.2 Å². The molecule has 1 aliphatic rings. The number of benzene rings is 2. The number of rotatable bonds is 5. The highest BCUT2D eigenvalue weighted by molar-refractivity contribution is 5.98. The van der Waals surface area contributed by atoms with E-state index in [1.54, 1.807) is 30.4 Å². The van der Waals surface area contributed by atoms with E-state index in [0.29, 0.717) is 11.3 Å². The molecule has 2 aromatic rings. The Hall–Kier alpha value is -2.82. The van der Waals surface area contributed by atoms with Crippen LogP contribution in [0.15, 0.2) is 36.4 Å². The number of methoxy groups -OCH3 is 1. The molecule has 1 fully saturated rings. The van der Waals surface area contributed by atoms with Gasteiger partial charge in [0.2, 0.25) is 0 Å². The number of carbonyl (C=O) groups excluding carboxylic acids is 1.